The molecule has 3 aromatic carbocycles. The third kappa shape index (κ3) is 3.72. The maximum absolute atomic E-state index is 12.4. The van der Waals surface area contributed by atoms with E-state index in [1.807, 2.05) is 85.8 Å². The van der Waals surface area contributed by atoms with Crippen LogP contribution in [-0.4, -0.2) is 20.5 Å². The summed E-state index contributed by atoms with van der Waals surface area (Å²) in [7, 11) is 3.30. The van der Waals surface area contributed by atoms with E-state index in [-0.39, 0.29) is 5.92 Å². The van der Waals surface area contributed by atoms with Crippen molar-refractivity contribution in [2.75, 3.05) is 14.2 Å². The van der Waals surface area contributed by atoms with Gasteiger partial charge in [-0.25, -0.2) is 0 Å². The van der Waals surface area contributed by atoms with Gasteiger partial charge in [-0.1, -0.05) is 54.6 Å². The molecule has 3 rings (SSSR count). The second-order valence-corrected chi connectivity index (χ2v) is 6.75. The topological polar surface area (TPSA) is 35.5 Å². The summed E-state index contributed by atoms with van der Waals surface area (Å²) in [6, 6.07) is 25.8. The molecule has 27 heavy (non-hydrogen) atoms. The first-order valence-electron chi connectivity index (χ1n) is 8.92. The minimum absolute atomic E-state index is 0.144. The monoisotopic (exact) mass is 360 g/mol. The third-order valence-electron chi connectivity index (χ3n) is 5.14. The van der Waals surface area contributed by atoms with E-state index in [0.29, 0.717) is 0 Å². The molecule has 0 heterocycles. The molecule has 0 fully saturated rings. The van der Waals surface area contributed by atoms with Crippen molar-refractivity contribution in [2.24, 2.45) is 0 Å². The highest BCUT2D eigenvalue weighted by Gasteiger charge is 2.38. The number of rotatable bonds is 7. The number of aldehydes is 1. The van der Waals surface area contributed by atoms with Gasteiger partial charge in [0.1, 0.15) is 17.8 Å². The number of carbonyl (C=O) groups excluding carboxylic acids is 1. The first-order valence-corrected chi connectivity index (χ1v) is 8.92. The quantitative estimate of drug-likeness (QED) is 0.557. The van der Waals surface area contributed by atoms with E-state index in [1.54, 1.807) is 14.2 Å². The summed E-state index contributed by atoms with van der Waals surface area (Å²) in [5.74, 6) is 1.44. The van der Waals surface area contributed by atoms with Crippen molar-refractivity contribution in [3.63, 3.8) is 0 Å². The zero-order valence-corrected chi connectivity index (χ0v) is 15.9. The van der Waals surface area contributed by atoms with Crippen molar-refractivity contribution >= 4 is 6.29 Å². The van der Waals surface area contributed by atoms with Gasteiger partial charge in [-0.2, -0.15) is 0 Å². The van der Waals surface area contributed by atoms with Gasteiger partial charge in [-0.15, -0.1) is 0 Å². The summed E-state index contributed by atoms with van der Waals surface area (Å²) in [6.07, 6.45) is 1.06. The fraction of sp³-hybridized carbons (Fsp3) is 0.208. The highest BCUT2D eigenvalue weighted by atomic mass is 16.5. The molecule has 0 spiro atoms. The van der Waals surface area contributed by atoms with E-state index in [9.17, 15) is 4.79 Å². The maximum Gasteiger partial charge on any atom is 0.131 e. The standard InChI is InChI=1S/C24H24O3/c1-24(17-25,20-7-5-4-6-8-20)23(18-9-13-21(26-2)14-10-18)19-11-15-22(27-3)16-12-19/h4-17,23H,1-3H3. The van der Waals surface area contributed by atoms with Crippen molar-refractivity contribution in [2.45, 2.75) is 18.3 Å². The molecule has 1 unspecified atom stereocenters. The number of ether oxygens (including phenoxy) is 2. The molecule has 0 aliphatic carbocycles. The lowest BCUT2D eigenvalue weighted by atomic mass is 9.67. The van der Waals surface area contributed by atoms with Crippen LogP contribution in [0.1, 0.15) is 29.5 Å². The van der Waals surface area contributed by atoms with Crippen molar-refractivity contribution in [1.29, 1.82) is 0 Å². The smallest absolute Gasteiger partial charge is 0.131 e. The van der Waals surface area contributed by atoms with Gasteiger partial charge in [0.2, 0.25) is 0 Å². The average molecular weight is 360 g/mol. The predicted octanol–water partition coefficient (Wildman–Crippen LogP) is 4.99. The zero-order chi connectivity index (χ0) is 19.3. The molecule has 3 aromatic rings. The summed E-state index contributed by atoms with van der Waals surface area (Å²) in [6.45, 7) is 1.99. The van der Waals surface area contributed by atoms with Gasteiger partial charge in [-0.3, -0.25) is 0 Å². The third-order valence-corrected chi connectivity index (χ3v) is 5.14. The van der Waals surface area contributed by atoms with Crippen LogP contribution in [0, 0.1) is 0 Å². The molecule has 1 atom stereocenters. The van der Waals surface area contributed by atoms with Crippen LogP contribution in [0.5, 0.6) is 11.5 Å². The normalized spacial score (nSPS) is 13.0. The van der Waals surface area contributed by atoms with Crippen molar-refractivity contribution < 1.29 is 14.3 Å². The van der Waals surface area contributed by atoms with Gasteiger partial charge in [0.15, 0.2) is 0 Å². The molecule has 0 saturated carbocycles. The van der Waals surface area contributed by atoms with Gasteiger partial charge < -0.3 is 14.3 Å². The highest BCUT2D eigenvalue weighted by molar-refractivity contribution is 5.72. The van der Waals surface area contributed by atoms with Crippen molar-refractivity contribution in [1.82, 2.24) is 0 Å². The lowest BCUT2D eigenvalue weighted by molar-refractivity contribution is -0.112. The van der Waals surface area contributed by atoms with Crippen molar-refractivity contribution in [3.05, 3.63) is 95.6 Å². The lowest BCUT2D eigenvalue weighted by Gasteiger charge is -2.34. The Balaban J connectivity index is 2.17. The first kappa shape index (κ1) is 18.7. The minimum atomic E-state index is -0.718. The Kier molecular flexibility index (Phi) is 5.60. The molecule has 0 amide bonds. The zero-order valence-electron chi connectivity index (χ0n) is 15.9. The predicted molar refractivity (Wildman–Crippen MR) is 108 cm³/mol. The van der Waals surface area contributed by atoms with E-state index in [1.165, 1.54) is 0 Å². The Morgan fingerprint density at radius 2 is 1.19 bits per heavy atom. The molecule has 0 aliphatic heterocycles. The summed E-state index contributed by atoms with van der Waals surface area (Å²) >= 11 is 0. The molecule has 0 N–H and O–H groups in total. The number of benzene rings is 3. The molecule has 0 aliphatic rings. The summed E-state index contributed by atoms with van der Waals surface area (Å²) in [4.78, 5) is 12.4. The Labute approximate surface area is 160 Å². The molecule has 3 nitrogen and oxygen atoms in total. The van der Waals surface area contributed by atoms with E-state index in [0.717, 1.165) is 34.5 Å². The summed E-state index contributed by atoms with van der Waals surface area (Å²) in [5.41, 5.74) is 2.38. The average Bonchev–Trinajstić information content (AvgIpc) is 2.75. The molecule has 3 heteroatoms. The van der Waals surface area contributed by atoms with Gasteiger partial charge in [0.25, 0.3) is 0 Å². The molecule has 0 radical (unpaired) electrons. The SMILES string of the molecule is COc1ccc(C(c2ccc(OC)cc2)C(C)(C=O)c2ccccc2)cc1. The van der Waals surface area contributed by atoms with Crippen LogP contribution >= 0.6 is 0 Å². The van der Waals surface area contributed by atoms with E-state index >= 15 is 0 Å². The Morgan fingerprint density at radius 3 is 1.56 bits per heavy atom. The molecule has 138 valence electrons. The van der Waals surface area contributed by atoms with Crippen LogP contribution in [0.2, 0.25) is 0 Å². The van der Waals surface area contributed by atoms with Gasteiger partial charge in [-0.05, 0) is 47.9 Å². The first-order chi connectivity index (χ1) is 13.1. The fourth-order valence-electron chi connectivity index (χ4n) is 3.58. The van der Waals surface area contributed by atoms with Crippen LogP contribution < -0.4 is 9.47 Å². The van der Waals surface area contributed by atoms with Gasteiger partial charge in [0, 0.05) is 5.92 Å². The van der Waals surface area contributed by atoms with E-state index < -0.39 is 5.41 Å². The van der Waals surface area contributed by atoms with Crippen molar-refractivity contribution in [3.8, 4) is 11.5 Å². The highest BCUT2D eigenvalue weighted by Crippen LogP contribution is 2.43. The summed E-state index contributed by atoms with van der Waals surface area (Å²) < 4.78 is 10.6. The Bertz CT molecular complexity index is 822. The molecule has 0 saturated heterocycles. The van der Waals surface area contributed by atoms with Crippen LogP contribution in [0.3, 0.4) is 0 Å². The lowest BCUT2D eigenvalue weighted by Crippen LogP contribution is -2.33. The number of methoxy groups -OCH3 is 2. The summed E-state index contributed by atoms with van der Waals surface area (Å²) in [5, 5.41) is 0. The van der Waals surface area contributed by atoms with Crippen LogP contribution in [0.25, 0.3) is 0 Å². The van der Waals surface area contributed by atoms with E-state index in [2.05, 4.69) is 0 Å². The van der Waals surface area contributed by atoms with Crippen LogP contribution in [-0.2, 0) is 10.2 Å². The largest absolute Gasteiger partial charge is 0.497 e. The number of carbonyl (C=O) groups is 1. The number of hydrogen-bond acceptors (Lipinski definition) is 3. The number of hydrogen-bond donors (Lipinski definition) is 0. The van der Waals surface area contributed by atoms with Crippen LogP contribution in [0.15, 0.2) is 78.9 Å². The minimum Gasteiger partial charge on any atom is -0.497 e. The molecule has 0 bridgehead atoms. The van der Waals surface area contributed by atoms with Gasteiger partial charge in [0.05, 0.1) is 19.6 Å². The molecular formula is C24H24O3. The van der Waals surface area contributed by atoms with Crippen LogP contribution in [0.4, 0.5) is 0 Å². The Hall–Kier alpha value is -3.07. The second kappa shape index (κ2) is 8.09. The Morgan fingerprint density at radius 1 is 0.741 bits per heavy atom. The fourth-order valence-corrected chi connectivity index (χ4v) is 3.58. The maximum atomic E-state index is 12.4. The van der Waals surface area contributed by atoms with Gasteiger partial charge >= 0.3 is 0 Å². The molecule has 0 aromatic heterocycles. The second-order valence-electron chi connectivity index (χ2n) is 6.75. The molecular weight excluding hydrogens is 336 g/mol. The van der Waals surface area contributed by atoms with E-state index in [4.69, 9.17) is 9.47 Å².